The monoisotopic (exact) mass is 520 g/mol. The third-order valence-corrected chi connectivity index (χ3v) is 9.68. The van der Waals surface area contributed by atoms with Gasteiger partial charge in [-0.2, -0.15) is 0 Å². The average Bonchev–Trinajstić information content (AvgIpc) is 2.95. The van der Waals surface area contributed by atoms with Crippen molar-refractivity contribution >= 4 is 23.8 Å². The van der Waals surface area contributed by atoms with Gasteiger partial charge in [0.1, 0.15) is 17.2 Å². The van der Waals surface area contributed by atoms with Crippen molar-refractivity contribution < 1.29 is 14.2 Å². The molecule has 0 N–H and O–H groups in total. The maximum Gasteiger partial charge on any atom is 0.125 e. The minimum absolute atomic E-state index is 0.796. The van der Waals surface area contributed by atoms with Crippen molar-refractivity contribution in [2.45, 2.75) is 80.1 Å². The van der Waals surface area contributed by atoms with Gasteiger partial charge in [0.15, 0.2) is 0 Å². The highest BCUT2D eigenvalue weighted by molar-refractivity contribution is 7.79. The smallest absolute Gasteiger partial charge is 0.125 e. The van der Waals surface area contributed by atoms with E-state index in [2.05, 4.69) is 77.9 Å². The van der Waals surface area contributed by atoms with Crippen LogP contribution in [0.25, 0.3) is 0 Å². The molecule has 0 saturated carbocycles. The number of rotatable bonds is 12. The van der Waals surface area contributed by atoms with E-state index in [1.54, 1.807) is 21.3 Å². The van der Waals surface area contributed by atoms with Gasteiger partial charge in [-0.15, -0.1) is 0 Å². The first-order valence-electron chi connectivity index (χ1n) is 13.8. The van der Waals surface area contributed by atoms with Crippen LogP contribution >= 0.6 is 7.92 Å². The van der Waals surface area contributed by atoms with Crippen LogP contribution in [0.4, 0.5) is 0 Å². The Bertz CT molecular complexity index is 988. The number of aryl methyl sites for hydroxylation is 6. The summed E-state index contributed by atoms with van der Waals surface area (Å²) in [5.74, 6) is 3.13. The first kappa shape index (κ1) is 29.1. The van der Waals surface area contributed by atoms with Gasteiger partial charge in [0.05, 0.1) is 21.3 Å². The maximum atomic E-state index is 5.89. The minimum atomic E-state index is -0.796. The fraction of sp³-hybridized carbons (Fsp3) is 0.455. The molecule has 0 fully saturated rings. The number of methoxy groups -OCH3 is 3. The lowest BCUT2D eigenvalue weighted by molar-refractivity contribution is 0.405. The lowest BCUT2D eigenvalue weighted by Crippen LogP contribution is -2.24. The third-order valence-electron chi connectivity index (χ3n) is 7.35. The molecule has 0 radical (unpaired) electrons. The van der Waals surface area contributed by atoms with Crippen molar-refractivity contribution in [1.29, 1.82) is 0 Å². The fourth-order valence-electron chi connectivity index (χ4n) is 5.40. The summed E-state index contributed by atoms with van der Waals surface area (Å²) < 4.78 is 17.7. The van der Waals surface area contributed by atoms with E-state index in [-0.39, 0.29) is 0 Å². The van der Waals surface area contributed by atoms with Crippen LogP contribution in [-0.2, 0) is 38.5 Å². The van der Waals surface area contributed by atoms with Gasteiger partial charge in [-0.05, 0) is 132 Å². The largest absolute Gasteiger partial charge is 0.496 e. The second-order valence-corrected chi connectivity index (χ2v) is 11.6. The fourth-order valence-corrected chi connectivity index (χ4v) is 8.01. The zero-order valence-electron chi connectivity index (χ0n) is 24.4. The van der Waals surface area contributed by atoms with E-state index in [1.807, 2.05) is 0 Å². The summed E-state index contributed by atoms with van der Waals surface area (Å²) in [5, 5.41) is 4.15. The molecule has 0 unspecified atom stereocenters. The van der Waals surface area contributed by atoms with E-state index in [0.29, 0.717) is 0 Å². The van der Waals surface area contributed by atoms with E-state index < -0.39 is 7.92 Å². The van der Waals surface area contributed by atoms with Crippen LogP contribution in [0.5, 0.6) is 17.2 Å². The van der Waals surface area contributed by atoms with Gasteiger partial charge in [0.25, 0.3) is 0 Å². The van der Waals surface area contributed by atoms with Crippen molar-refractivity contribution in [1.82, 2.24) is 0 Å². The Morgan fingerprint density at radius 3 is 0.730 bits per heavy atom. The molecule has 37 heavy (non-hydrogen) atoms. The summed E-state index contributed by atoms with van der Waals surface area (Å²) in [7, 11) is 4.59. The maximum absolute atomic E-state index is 5.89. The van der Waals surface area contributed by atoms with Gasteiger partial charge in [0, 0.05) is 0 Å². The van der Waals surface area contributed by atoms with Gasteiger partial charge in [-0.1, -0.05) is 41.5 Å². The van der Waals surface area contributed by atoms with Crippen molar-refractivity contribution in [3.63, 3.8) is 0 Å². The molecule has 0 spiro atoms. The van der Waals surface area contributed by atoms with Gasteiger partial charge < -0.3 is 14.2 Å². The minimum Gasteiger partial charge on any atom is -0.496 e. The molecule has 0 aliphatic carbocycles. The third kappa shape index (κ3) is 5.83. The summed E-state index contributed by atoms with van der Waals surface area (Å²) in [4.78, 5) is 0. The summed E-state index contributed by atoms with van der Waals surface area (Å²) in [6, 6.07) is 14.4. The van der Waals surface area contributed by atoms with Crippen LogP contribution in [-0.4, -0.2) is 21.3 Å². The molecule has 3 aromatic carbocycles. The van der Waals surface area contributed by atoms with Crippen LogP contribution in [0.15, 0.2) is 36.4 Å². The second-order valence-electron chi connectivity index (χ2n) is 9.35. The molecule has 0 atom stereocenters. The van der Waals surface area contributed by atoms with Crippen LogP contribution in [0, 0.1) is 0 Å². The topological polar surface area (TPSA) is 27.7 Å². The molecule has 200 valence electrons. The molecule has 0 bridgehead atoms. The Labute approximate surface area is 226 Å². The average molecular weight is 521 g/mol. The van der Waals surface area contributed by atoms with Gasteiger partial charge >= 0.3 is 0 Å². The number of benzene rings is 3. The Morgan fingerprint density at radius 2 is 0.595 bits per heavy atom. The van der Waals surface area contributed by atoms with Gasteiger partial charge in [0.2, 0.25) is 0 Å². The lowest BCUT2D eigenvalue weighted by Gasteiger charge is -2.26. The first-order valence-corrected chi connectivity index (χ1v) is 15.2. The molecule has 0 aromatic heterocycles. The highest BCUT2D eigenvalue weighted by Crippen LogP contribution is 2.40. The van der Waals surface area contributed by atoms with Gasteiger partial charge in [-0.3, -0.25) is 0 Å². The predicted octanol–water partition coefficient (Wildman–Crippen LogP) is 6.85. The molecule has 0 amide bonds. The zero-order chi connectivity index (χ0) is 27.1. The number of hydrogen-bond acceptors (Lipinski definition) is 3. The molecule has 0 saturated heterocycles. The molecule has 3 nitrogen and oxygen atoms in total. The van der Waals surface area contributed by atoms with Crippen molar-refractivity contribution in [3.05, 3.63) is 69.8 Å². The van der Waals surface area contributed by atoms with Crippen molar-refractivity contribution in [3.8, 4) is 17.2 Å². The Morgan fingerprint density at radius 1 is 0.405 bits per heavy atom. The highest BCUT2D eigenvalue weighted by atomic mass is 31.1. The molecule has 0 heterocycles. The summed E-state index contributed by atoms with van der Waals surface area (Å²) in [5.41, 5.74) is 7.69. The highest BCUT2D eigenvalue weighted by Gasteiger charge is 2.24. The molecule has 0 aliphatic heterocycles. The SMILES string of the molecule is CCc1cc(P(c2cc(CC)c(OC)c(CC)c2)c2cc(CC)c(OC)c(CC)c2)cc(CC)c1OC. The van der Waals surface area contributed by atoms with E-state index in [0.717, 1.165) is 55.8 Å². The summed E-state index contributed by atoms with van der Waals surface area (Å²) in [6.07, 6.45) is 5.66. The molecule has 4 heteroatoms. The summed E-state index contributed by atoms with van der Waals surface area (Å²) in [6.45, 7) is 13.3. The van der Waals surface area contributed by atoms with Gasteiger partial charge in [-0.25, -0.2) is 0 Å². The van der Waals surface area contributed by atoms with Crippen LogP contribution in [0.1, 0.15) is 74.9 Å². The van der Waals surface area contributed by atoms with E-state index in [9.17, 15) is 0 Å². The van der Waals surface area contributed by atoms with Crippen molar-refractivity contribution in [2.75, 3.05) is 21.3 Å². The first-order chi connectivity index (χ1) is 17.9. The molecule has 3 aromatic rings. The standard InChI is InChI=1S/C33H45O3P/c1-10-22-16-28(17-23(11-2)31(22)34-7)37(29-18-24(12-3)32(35-8)25(13-4)19-29)30-20-26(14-5)33(36-9)27(15-6)21-30/h16-21H,10-15H2,1-9H3. The van der Waals surface area contributed by atoms with E-state index >= 15 is 0 Å². The molecule has 3 rings (SSSR count). The van der Waals surface area contributed by atoms with E-state index in [1.165, 1.54) is 49.3 Å². The van der Waals surface area contributed by atoms with Crippen LogP contribution in [0.3, 0.4) is 0 Å². The molecular formula is C33H45O3P. The Balaban J connectivity index is 2.43. The van der Waals surface area contributed by atoms with Crippen molar-refractivity contribution in [2.24, 2.45) is 0 Å². The zero-order valence-corrected chi connectivity index (χ0v) is 25.3. The molecule has 0 aliphatic rings. The molecular weight excluding hydrogens is 475 g/mol. The quantitative estimate of drug-likeness (QED) is 0.245. The normalized spacial score (nSPS) is 11.2. The lowest BCUT2D eigenvalue weighted by atomic mass is 10.0. The van der Waals surface area contributed by atoms with Crippen LogP contribution in [0.2, 0.25) is 0 Å². The van der Waals surface area contributed by atoms with Crippen LogP contribution < -0.4 is 30.1 Å². The van der Waals surface area contributed by atoms with E-state index in [4.69, 9.17) is 14.2 Å². The summed E-state index contributed by atoms with van der Waals surface area (Å²) >= 11 is 0. The Hall–Kier alpha value is -2.51. The number of ether oxygens (including phenoxy) is 3. The number of hydrogen-bond donors (Lipinski definition) is 0. The Kier molecular flexibility index (Phi) is 10.5. The second kappa shape index (κ2) is 13.3. The predicted molar refractivity (Wildman–Crippen MR) is 161 cm³/mol.